The highest BCUT2D eigenvalue weighted by atomic mass is 79.9. The summed E-state index contributed by atoms with van der Waals surface area (Å²) in [5.41, 5.74) is 4.99. The number of nitrogens with zero attached hydrogens (tertiary/aromatic N) is 4. The smallest absolute Gasteiger partial charge is 0.340 e. The minimum absolute atomic E-state index is 0.0647. The Balaban J connectivity index is 1.72. The molecular weight excluding hydrogens is 540 g/mol. The molecule has 3 aromatic heterocycles. The number of thiazole rings is 1. The largest absolute Gasteiger partial charge is 0.506 e. The van der Waals surface area contributed by atoms with E-state index in [1.807, 2.05) is 16.0 Å². The van der Waals surface area contributed by atoms with E-state index < -0.39 is 16.8 Å². The lowest BCUT2D eigenvalue weighted by molar-refractivity contribution is 0.0527. The van der Waals surface area contributed by atoms with Crippen LogP contribution < -0.4 is 0 Å². The summed E-state index contributed by atoms with van der Waals surface area (Å²) in [6.07, 6.45) is 7.09. The van der Waals surface area contributed by atoms with E-state index in [4.69, 9.17) is 4.74 Å². The molecular formula is C23H23BrN4O4S2. The van der Waals surface area contributed by atoms with Gasteiger partial charge < -0.3 is 19.0 Å². The van der Waals surface area contributed by atoms with Crippen LogP contribution in [0.25, 0.3) is 10.9 Å². The fourth-order valence-electron chi connectivity index (χ4n) is 4.27. The summed E-state index contributed by atoms with van der Waals surface area (Å²) in [7, 11) is -1.28. The van der Waals surface area contributed by atoms with Gasteiger partial charge in [0.2, 0.25) is 0 Å². The predicted molar refractivity (Wildman–Crippen MR) is 135 cm³/mol. The number of aromatic hydroxyl groups is 1. The van der Waals surface area contributed by atoms with E-state index in [-0.39, 0.29) is 24.2 Å². The zero-order valence-corrected chi connectivity index (χ0v) is 21.7. The van der Waals surface area contributed by atoms with Crippen LogP contribution in [0.4, 0.5) is 0 Å². The molecule has 0 saturated heterocycles. The number of phenols is 1. The lowest BCUT2D eigenvalue weighted by Crippen LogP contribution is -2.13. The number of aromatic nitrogens is 4. The number of benzene rings is 1. The fraction of sp³-hybridized carbons (Fsp3) is 0.348. The first-order valence-electron chi connectivity index (χ1n) is 10.9. The molecule has 178 valence electrons. The number of hydrogen-bond acceptors (Lipinski definition) is 7. The molecule has 1 aliphatic rings. The predicted octanol–water partition coefficient (Wildman–Crippen LogP) is 4.77. The van der Waals surface area contributed by atoms with Crippen molar-refractivity contribution in [2.24, 2.45) is 0 Å². The topological polar surface area (TPSA) is 99.2 Å². The first kappa shape index (κ1) is 23.3. The third-order valence-electron chi connectivity index (χ3n) is 5.80. The number of ether oxygens (including phenoxy) is 1. The van der Waals surface area contributed by atoms with Crippen molar-refractivity contribution in [3.05, 3.63) is 62.7 Å². The average molecular weight is 563 g/mol. The van der Waals surface area contributed by atoms with E-state index in [1.54, 1.807) is 31.2 Å². The van der Waals surface area contributed by atoms with Gasteiger partial charge in [-0.1, -0.05) is 0 Å². The highest BCUT2D eigenvalue weighted by Gasteiger charge is 2.35. The number of imidazole rings is 1. The summed E-state index contributed by atoms with van der Waals surface area (Å²) in [5.74, 6) is 0.102. The van der Waals surface area contributed by atoms with Crippen LogP contribution in [0.2, 0.25) is 0 Å². The molecule has 11 heteroatoms. The van der Waals surface area contributed by atoms with Gasteiger partial charge in [0.1, 0.15) is 5.75 Å². The summed E-state index contributed by atoms with van der Waals surface area (Å²) in [6.45, 7) is 2.30. The number of carbonyl (C=O) groups is 1. The van der Waals surface area contributed by atoms with Gasteiger partial charge >= 0.3 is 5.97 Å². The molecule has 8 nitrogen and oxygen atoms in total. The quantitative estimate of drug-likeness (QED) is 0.295. The minimum Gasteiger partial charge on any atom is -0.506 e. The number of halogens is 1. The molecule has 1 N–H and O–H groups in total. The van der Waals surface area contributed by atoms with Gasteiger partial charge in [-0.25, -0.2) is 14.8 Å². The Hall–Kier alpha value is -2.50. The molecule has 0 spiro atoms. The molecule has 3 heterocycles. The molecule has 1 atom stereocenters. The molecule has 5 rings (SSSR count). The summed E-state index contributed by atoms with van der Waals surface area (Å²) >= 11 is 4.96. The highest BCUT2D eigenvalue weighted by molar-refractivity contribution is 9.10. The summed E-state index contributed by atoms with van der Waals surface area (Å²) in [5, 5.41) is 13.6. The number of rotatable bonds is 9. The van der Waals surface area contributed by atoms with Crippen LogP contribution in [0, 0.1) is 0 Å². The van der Waals surface area contributed by atoms with Crippen LogP contribution in [0.5, 0.6) is 5.75 Å². The van der Waals surface area contributed by atoms with Gasteiger partial charge in [-0.3, -0.25) is 4.21 Å². The summed E-state index contributed by atoms with van der Waals surface area (Å²) in [4.78, 5) is 21.7. The zero-order chi connectivity index (χ0) is 23.8. The second-order valence-corrected chi connectivity index (χ2v) is 11.2. The van der Waals surface area contributed by atoms with Crippen molar-refractivity contribution in [1.82, 2.24) is 19.1 Å². The van der Waals surface area contributed by atoms with E-state index in [9.17, 15) is 14.1 Å². The van der Waals surface area contributed by atoms with Gasteiger partial charge in [0.15, 0.2) is 0 Å². The standard InChI is InChI=1S/C23H23BrN4O4S2/c1-2-32-23(30)21-19(11-34(31)10-14-9-33-13-26-14)28(15-3-4-15)18-7-17(24)22(29)16(20(18)21)8-27-6-5-25-12-27/h5-7,9,12-13,15,29H,2-4,8,10-11H2,1H3. The van der Waals surface area contributed by atoms with Crippen LogP contribution in [0.1, 0.15) is 53.1 Å². The maximum absolute atomic E-state index is 13.3. The normalized spacial score (nSPS) is 14.5. The van der Waals surface area contributed by atoms with Crippen molar-refractivity contribution >= 4 is 54.9 Å². The van der Waals surface area contributed by atoms with Crippen LogP contribution in [0.15, 0.2) is 40.2 Å². The molecule has 1 unspecified atom stereocenters. The molecule has 1 fully saturated rings. The van der Waals surface area contributed by atoms with Gasteiger partial charge in [-0.2, -0.15) is 0 Å². The van der Waals surface area contributed by atoms with E-state index >= 15 is 0 Å². The first-order chi connectivity index (χ1) is 16.5. The molecule has 0 aliphatic heterocycles. The lowest BCUT2D eigenvalue weighted by atomic mass is 10.0. The molecule has 0 radical (unpaired) electrons. The van der Waals surface area contributed by atoms with Gasteiger partial charge in [0.05, 0.1) is 57.7 Å². The fourth-order valence-corrected chi connectivity index (χ4v) is 6.56. The van der Waals surface area contributed by atoms with E-state index in [0.717, 1.165) is 24.1 Å². The van der Waals surface area contributed by atoms with Crippen LogP contribution in [0.3, 0.4) is 0 Å². The molecule has 1 aromatic carbocycles. The average Bonchev–Trinajstić information content (AvgIpc) is 3.17. The van der Waals surface area contributed by atoms with Crippen LogP contribution >= 0.6 is 27.3 Å². The zero-order valence-electron chi connectivity index (χ0n) is 18.4. The Morgan fingerprint density at radius 2 is 2.21 bits per heavy atom. The van der Waals surface area contributed by atoms with Crippen molar-refractivity contribution < 1.29 is 18.8 Å². The maximum Gasteiger partial charge on any atom is 0.340 e. The maximum atomic E-state index is 13.3. The Bertz CT molecular complexity index is 1360. The molecule has 0 bridgehead atoms. The van der Waals surface area contributed by atoms with E-state index in [1.165, 1.54) is 11.3 Å². The SMILES string of the molecule is CCOC(=O)c1c(CS(=O)Cc2cscn2)n(C2CC2)c2cc(Br)c(O)c(Cn3ccnc3)c12. The van der Waals surface area contributed by atoms with E-state index in [2.05, 4.69) is 30.5 Å². The van der Waals surface area contributed by atoms with Crippen molar-refractivity contribution in [1.29, 1.82) is 0 Å². The second-order valence-electron chi connectivity index (χ2n) is 8.17. The van der Waals surface area contributed by atoms with Crippen LogP contribution in [-0.2, 0) is 33.6 Å². The van der Waals surface area contributed by atoms with Crippen molar-refractivity contribution in [2.75, 3.05) is 6.61 Å². The first-order valence-corrected chi connectivity index (χ1v) is 14.1. The molecule has 1 saturated carbocycles. The molecule has 34 heavy (non-hydrogen) atoms. The van der Waals surface area contributed by atoms with Crippen molar-refractivity contribution in [2.45, 2.75) is 43.9 Å². The number of hydrogen-bond donors (Lipinski definition) is 1. The third-order valence-corrected chi connectivity index (χ3v) is 8.26. The summed E-state index contributed by atoms with van der Waals surface area (Å²) < 4.78 is 23.2. The molecule has 1 aliphatic carbocycles. The Morgan fingerprint density at radius 1 is 1.38 bits per heavy atom. The van der Waals surface area contributed by atoms with Gasteiger partial charge in [-0.15, -0.1) is 11.3 Å². The number of esters is 1. The third kappa shape index (κ3) is 4.44. The van der Waals surface area contributed by atoms with Crippen molar-refractivity contribution in [3.8, 4) is 5.75 Å². The van der Waals surface area contributed by atoms with Crippen molar-refractivity contribution in [3.63, 3.8) is 0 Å². The Labute approximate surface area is 211 Å². The Morgan fingerprint density at radius 3 is 2.85 bits per heavy atom. The Kier molecular flexibility index (Phi) is 6.59. The molecule has 0 amide bonds. The minimum atomic E-state index is -1.28. The lowest BCUT2D eigenvalue weighted by Gasteiger charge is -2.12. The monoisotopic (exact) mass is 562 g/mol. The van der Waals surface area contributed by atoms with Gasteiger partial charge in [0, 0.05) is 51.3 Å². The number of carbonyl (C=O) groups excluding carboxylic acids is 1. The van der Waals surface area contributed by atoms with E-state index in [0.29, 0.717) is 39.0 Å². The van der Waals surface area contributed by atoms with Gasteiger partial charge in [0.25, 0.3) is 0 Å². The molecule has 4 aromatic rings. The van der Waals surface area contributed by atoms with Gasteiger partial charge in [-0.05, 0) is 41.8 Å². The number of phenolic OH excluding ortho intramolecular Hbond substituents is 1. The second kappa shape index (κ2) is 9.63. The summed E-state index contributed by atoms with van der Waals surface area (Å²) in [6, 6.07) is 2.06. The highest BCUT2D eigenvalue weighted by Crippen LogP contribution is 2.46. The van der Waals surface area contributed by atoms with Crippen LogP contribution in [-0.4, -0.2) is 41.0 Å². The number of fused-ring (bicyclic) bond motifs is 1.